The van der Waals surface area contributed by atoms with Gasteiger partial charge < -0.3 is 14.8 Å². The van der Waals surface area contributed by atoms with Gasteiger partial charge >= 0.3 is 0 Å². The van der Waals surface area contributed by atoms with Gasteiger partial charge in [-0.15, -0.1) is 0 Å². The summed E-state index contributed by atoms with van der Waals surface area (Å²) in [6.45, 7) is 10.2. The van der Waals surface area contributed by atoms with Crippen molar-refractivity contribution in [2.24, 2.45) is 0 Å². The fourth-order valence-electron chi connectivity index (χ4n) is 3.35. The molecule has 0 saturated carbocycles. The van der Waals surface area contributed by atoms with Gasteiger partial charge in [-0.2, -0.15) is 0 Å². The van der Waals surface area contributed by atoms with E-state index in [1.165, 1.54) is 16.7 Å². The first-order valence-electron chi connectivity index (χ1n) is 9.58. The van der Waals surface area contributed by atoms with E-state index in [1.54, 1.807) is 0 Å². The summed E-state index contributed by atoms with van der Waals surface area (Å²) >= 11 is 0. The molecule has 2 aromatic rings. The molecule has 27 heavy (non-hydrogen) atoms. The van der Waals surface area contributed by atoms with Crippen LogP contribution in [0.15, 0.2) is 36.4 Å². The van der Waals surface area contributed by atoms with Crippen LogP contribution in [0.4, 0.5) is 0 Å². The van der Waals surface area contributed by atoms with Gasteiger partial charge in [-0.3, -0.25) is 4.79 Å². The number of fused-ring (bicyclic) bond motifs is 1. The van der Waals surface area contributed by atoms with Crippen molar-refractivity contribution in [1.82, 2.24) is 5.32 Å². The minimum atomic E-state index is -0.189. The van der Waals surface area contributed by atoms with E-state index in [4.69, 9.17) is 9.47 Å². The molecule has 0 bridgehead atoms. The summed E-state index contributed by atoms with van der Waals surface area (Å²) in [5, 5.41) is 3.09. The zero-order valence-electron chi connectivity index (χ0n) is 16.7. The Kier molecular flexibility index (Phi) is 5.73. The van der Waals surface area contributed by atoms with E-state index >= 15 is 0 Å². The van der Waals surface area contributed by atoms with Crippen LogP contribution in [0.25, 0.3) is 0 Å². The van der Waals surface area contributed by atoms with Gasteiger partial charge in [0, 0.05) is 18.4 Å². The van der Waals surface area contributed by atoms with Gasteiger partial charge in [0.2, 0.25) is 5.91 Å². The second-order valence-electron chi connectivity index (χ2n) is 7.95. The van der Waals surface area contributed by atoms with Gasteiger partial charge in [-0.25, -0.2) is 0 Å². The van der Waals surface area contributed by atoms with E-state index in [9.17, 15) is 4.79 Å². The Labute approximate surface area is 161 Å². The van der Waals surface area contributed by atoms with Crippen molar-refractivity contribution in [3.05, 3.63) is 58.7 Å². The van der Waals surface area contributed by atoms with Crippen LogP contribution in [-0.4, -0.2) is 25.7 Å². The van der Waals surface area contributed by atoms with Gasteiger partial charge in [0.1, 0.15) is 13.2 Å². The van der Waals surface area contributed by atoms with E-state index in [0.717, 1.165) is 23.5 Å². The molecule has 0 spiro atoms. The first-order valence-corrected chi connectivity index (χ1v) is 9.58. The van der Waals surface area contributed by atoms with Gasteiger partial charge in [-0.05, 0) is 49.1 Å². The van der Waals surface area contributed by atoms with Gasteiger partial charge in [-0.1, -0.05) is 43.7 Å². The normalized spacial score (nSPS) is 13.3. The number of nitrogens with one attached hydrogen (secondary N) is 1. The summed E-state index contributed by atoms with van der Waals surface area (Å²) < 4.78 is 11.3. The second kappa shape index (κ2) is 8.03. The molecule has 1 N–H and O–H groups in total. The molecular weight excluding hydrogens is 338 g/mol. The first kappa shape index (κ1) is 19.3. The van der Waals surface area contributed by atoms with Crippen molar-refractivity contribution in [3.8, 4) is 11.5 Å². The van der Waals surface area contributed by atoms with Crippen LogP contribution in [0.2, 0.25) is 0 Å². The lowest BCUT2D eigenvalue weighted by Crippen LogP contribution is -2.36. The monoisotopic (exact) mass is 367 g/mol. The van der Waals surface area contributed by atoms with E-state index in [-0.39, 0.29) is 11.3 Å². The minimum absolute atomic E-state index is 0.0839. The highest BCUT2D eigenvalue weighted by atomic mass is 16.6. The molecule has 1 aliphatic rings. The molecule has 0 atom stereocenters. The molecule has 1 amide bonds. The molecule has 0 fully saturated rings. The Balaban J connectivity index is 1.55. The molecule has 0 unspecified atom stereocenters. The predicted octanol–water partition coefficient (Wildman–Crippen LogP) is 4.10. The number of ether oxygens (including phenoxy) is 2. The second-order valence-corrected chi connectivity index (χ2v) is 7.95. The third kappa shape index (κ3) is 4.82. The Hall–Kier alpha value is -2.49. The maximum Gasteiger partial charge on any atom is 0.220 e. The van der Waals surface area contributed by atoms with Gasteiger partial charge in [0.25, 0.3) is 0 Å². The van der Waals surface area contributed by atoms with E-state index in [0.29, 0.717) is 26.2 Å². The van der Waals surface area contributed by atoms with Crippen molar-refractivity contribution >= 4 is 5.91 Å². The van der Waals surface area contributed by atoms with Gasteiger partial charge in [0.15, 0.2) is 11.5 Å². The standard InChI is InChI=1S/C23H29NO3/c1-16-5-6-18(17(2)13-16)7-10-22(25)24-15-23(3,4)19-8-9-20-21(14-19)27-12-11-26-20/h5-6,8-9,13-14H,7,10-12,15H2,1-4H3,(H,24,25). The number of hydrogen-bond donors (Lipinski definition) is 1. The maximum atomic E-state index is 12.3. The van der Waals surface area contributed by atoms with Crippen molar-refractivity contribution < 1.29 is 14.3 Å². The third-order valence-electron chi connectivity index (χ3n) is 5.17. The molecule has 0 aliphatic carbocycles. The van der Waals surface area contributed by atoms with Crippen LogP contribution in [-0.2, 0) is 16.6 Å². The highest BCUT2D eigenvalue weighted by molar-refractivity contribution is 5.76. The molecule has 144 valence electrons. The number of hydrogen-bond acceptors (Lipinski definition) is 3. The molecule has 2 aromatic carbocycles. The lowest BCUT2D eigenvalue weighted by molar-refractivity contribution is -0.121. The van der Waals surface area contributed by atoms with Crippen molar-refractivity contribution in [1.29, 1.82) is 0 Å². The number of carbonyl (C=O) groups is 1. The highest BCUT2D eigenvalue weighted by Crippen LogP contribution is 2.34. The Morgan fingerprint density at radius 1 is 1.04 bits per heavy atom. The van der Waals surface area contributed by atoms with Crippen LogP contribution in [0.1, 0.15) is 42.5 Å². The molecule has 1 aliphatic heterocycles. The molecule has 4 heteroatoms. The third-order valence-corrected chi connectivity index (χ3v) is 5.17. The van der Waals surface area contributed by atoms with Crippen LogP contribution >= 0.6 is 0 Å². The molecule has 0 radical (unpaired) electrons. The van der Waals surface area contributed by atoms with Gasteiger partial charge in [0.05, 0.1) is 0 Å². The summed E-state index contributed by atoms with van der Waals surface area (Å²) in [5.74, 6) is 1.66. The molecule has 1 heterocycles. The fourth-order valence-corrected chi connectivity index (χ4v) is 3.35. The Morgan fingerprint density at radius 2 is 1.78 bits per heavy atom. The zero-order valence-corrected chi connectivity index (χ0v) is 16.7. The average molecular weight is 367 g/mol. The Morgan fingerprint density at radius 3 is 2.52 bits per heavy atom. The molecule has 4 nitrogen and oxygen atoms in total. The highest BCUT2D eigenvalue weighted by Gasteiger charge is 2.24. The van der Waals surface area contributed by atoms with E-state index < -0.39 is 0 Å². The number of rotatable bonds is 6. The summed E-state index contributed by atoms with van der Waals surface area (Å²) in [5.41, 5.74) is 4.68. The first-order chi connectivity index (χ1) is 12.8. The number of aryl methyl sites for hydroxylation is 3. The molecule has 0 aromatic heterocycles. The van der Waals surface area contributed by atoms with Crippen molar-refractivity contribution in [2.45, 2.75) is 46.0 Å². The lowest BCUT2D eigenvalue weighted by Gasteiger charge is -2.28. The zero-order chi connectivity index (χ0) is 19.4. The Bertz CT molecular complexity index is 826. The van der Waals surface area contributed by atoms with Crippen LogP contribution in [0.5, 0.6) is 11.5 Å². The summed E-state index contributed by atoms with van der Waals surface area (Å²) in [7, 11) is 0. The summed E-state index contributed by atoms with van der Waals surface area (Å²) in [4.78, 5) is 12.3. The minimum Gasteiger partial charge on any atom is -0.486 e. The summed E-state index contributed by atoms with van der Waals surface area (Å²) in [6.07, 6.45) is 1.27. The smallest absolute Gasteiger partial charge is 0.220 e. The quantitative estimate of drug-likeness (QED) is 0.836. The fraction of sp³-hybridized carbons (Fsp3) is 0.435. The van der Waals surface area contributed by atoms with Crippen LogP contribution in [0, 0.1) is 13.8 Å². The lowest BCUT2D eigenvalue weighted by atomic mass is 9.84. The van der Waals surface area contributed by atoms with Crippen molar-refractivity contribution in [3.63, 3.8) is 0 Å². The largest absolute Gasteiger partial charge is 0.486 e. The maximum absolute atomic E-state index is 12.3. The topological polar surface area (TPSA) is 47.6 Å². The average Bonchev–Trinajstić information content (AvgIpc) is 2.65. The summed E-state index contributed by atoms with van der Waals surface area (Å²) in [6, 6.07) is 12.4. The SMILES string of the molecule is Cc1ccc(CCC(=O)NCC(C)(C)c2ccc3c(c2)OCCO3)c(C)c1. The van der Waals surface area contributed by atoms with Crippen LogP contribution < -0.4 is 14.8 Å². The molecular formula is C23H29NO3. The number of benzene rings is 2. The van der Waals surface area contributed by atoms with E-state index in [1.807, 2.05) is 12.1 Å². The van der Waals surface area contributed by atoms with Crippen LogP contribution in [0.3, 0.4) is 0 Å². The number of amides is 1. The van der Waals surface area contributed by atoms with Crippen molar-refractivity contribution in [2.75, 3.05) is 19.8 Å². The molecule has 0 saturated heterocycles. The van der Waals surface area contributed by atoms with E-state index in [2.05, 4.69) is 57.3 Å². The molecule has 3 rings (SSSR count). The predicted molar refractivity (Wildman–Crippen MR) is 108 cm³/mol. The number of carbonyl (C=O) groups excluding carboxylic acids is 1.